The van der Waals surface area contributed by atoms with Crippen molar-refractivity contribution in [3.63, 3.8) is 0 Å². The lowest BCUT2D eigenvalue weighted by Gasteiger charge is -2.37. The van der Waals surface area contributed by atoms with E-state index < -0.39 is 23.9 Å². The minimum absolute atomic E-state index is 0.0810. The maximum absolute atomic E-state index is 12.7. The number of thioether (sulfide) groups is 1. The van der Waals surface area contributed by atoms with Crippen LogP contribution in [0.2, 0.25) is 0 Å². The first-order chi connectivity index (χ1) is 21.9. The monoisotopic (exact) mass is 654 g/mol. The van der Waals surface area contributed by atoms with Gasteiger partial charge in [-0.3, -0.25) is 19.3 Å². The molecule has 0 bridgehead atoms. The number of likely N-dealkylation sites (N-methyl/N-ethyl adjacent to an activating group) is 1. The van der Waals surface area contributed by atoms with Gasteiger partial charge in [0.25, 0.3) is 0 Å². The zero-order valence-electron chi connectivity index (χ0n) is 27.8. The molecule has 2 aliphatic rings. The van der Waals surface area contributed by atoms with Gasteiger partial charge < -0.3 is 30.5 Å². The van der Waals surface area contributed by atoms with Crippen molar-refractivity contribution in [2.24, 2.45) is 0 Å². The van der Waals surface area contributed by atoms with Crippen molar-refractivity contribution in [2.45, 2.75) is 82.2 Å². The molecule has 3 amide bonds. The summed E-state index contributed by atoms with van der Waals surface area (Å²) in [6, 6.07) is 14.6. The second kappa shape index (κ2) is 16.2. The summed E-state index contributed by atoms with van der Waals surface area (Å²) in [4.78, 5) is 41.0. The van der Waals surface area contributed by atoms with Gasteiger partial charge in [-0.15, -0.1) is 11.8 Å². The Balaban J connectivity index is 1.21. The van der Waals surface area contributed by atoms with E-state index in [2.05, 4.69) is 54.0 Å². The van der Waals surface area contributed by atoms with E-state index in [-0.39, 0.29) is 29.6 Å². The summed E-state index contributed by atoms with van der Waals surface area (Å²) in [5, 5.41) is 26.5. The molecule has 2 saturated heterocycles. The summed E-state index contributed by atoms with van der Waals surface area (Å²) in [5.74, 6) is -0.331. The molecule has 2 aliphatic heterocycles. The van der Waals surface area contributed by atoms with Gasteiger partial charge in [0.05, 0.1) is 18.8 Å². The Morgan fingerprint density at radius 2 is 1.78 bits per heavy atom. The highest BCUT2D eigenvalue weighted by atomic mass is 32.2. The highest BCUT2D eigenvalue weighted by Gasteiger charge is 2.37. The lowest BCUT2D eigenvalue weighted by atomic mass is 9.92. The Morgan fingerprint density at radius 1 is 1.07 bits per heavy atom. The van der Waals surface area contributed by atoms with Gasteiger partial charge in [-0.25, -0.2) is 0 Å². The average Bonchev–Trinajstić information content (AvgIpc) is 3.01. The predicted molar refractivity (Wildman–Crippen MR) is 180 cm³/mol. The van der Waals surface area contributed by atoms with E-state index in [1.54, 1.807) is 25.8 Å². The molecule has 4 atom stereocenters. The van der Waals surface area contributed by atoms with Gasteiger partial charge in [0.2, 0.25) is 17.7 Å². The molecule has 2 unspecified atom stereocenters. The van der Waals surface area contributed by atoms with E-state index in [1.807, 2.05) is 17.2 Å². The van der Waals surface area contributed by atoms with Gasteiger partial charge in [0, 0.05) is 46.1 Å². The number of benzene rings is 2. The predicted octanol–water partition coefficient (Wildman–Crippen LogP) is 2.57. The van der Waals surface area contributed by atoms with Crippen LogP contribution < -0.4 is 10.6 Å². The molecule has 2 heterocycles. The number of rotatable bonds is 13. The molecule has 2 aromatic carbocycles. The number of carbonyl (C=O) groups is 3. The van der Waals surface area contributed by atoms with Gasteiger partial charge in [-0.05, 0) is 74.1 Å². The van der Waals surface area contributed by atoms with Crippen LogP contribution in [-0.4, -0.2) is 107 Å². The van der Waals surface area contributed by atoms with Crippen LogP contribution in [0.25, 0.3) is 0 Å². The smallest absolute Gasteiger partial charge is 0.245 e. The van der Waals surface area contributed by atoms with Crippen molar-refractivity contribution in [3.8, 4) is 0 Å². The molecule has 4 rings (SSSR count). The molecule has 252 valence electrons. The standard InChI is InChI=1S/C35H50N4O6S/c1-23-9-14-26(32-28(40)21-29(41)33(45-32)46-5)20-27(23)19-25-12-10-24(11-13-25)7-6-8-30(42)37-35(2,3)34(44)36-15-16-39-18-17-38(4)31(43)22-39/h9-14,20,28-29,32-33,40-41H,6-8,15-19,21-22H2,1-5H3,(H,36,44)(H,37,42)/t28?,29?,32-,33+/m0/s1. The first kappa shape index (κ1) is 35.9. The van der Waals surface area contributed by atoms with E-state index in [4.69, 9.17) is 4.74 Å². The first-order valence-corrected chi connectivity index (χ1v) is 17.4. The fraction of sp³-hybridized carbons (Fsp3) is 0.571. The molecule has 0 aromatic heterocycles. The Kier molecular flexibility index (Phi) is 12.7. The third-order valence-electron chi connectivity index (χ3n) is 8.92. The molecule has 0 aliphatic carbocycles. The summed E-state index contributed by atoms with van der Waals surface area (Å²) >= 11 is 1.45. The van der Waals surface area contributed by atoms with Crippen molar-refractivity contribution < 1.29 is 29.3 Å². The molecule has 0 spiro atoms. The summed E-state index contributed by atoms with van der Waals surface area (Å²) in [7, 11) is 1.79. The summed E-state index contributed by atoms with van der Waals surface area (Å²) < 4.78 is 6.04. The van der Waals surface area contributed by atoms with Crippen molar-refractivity contribution in [1.82, 2.24) is 20.4 Å². The molecule has 10 nitrogen and oxygen atoms in total. The summed E-state index contributed by atoms with van der Waals surface area (Å²) in [5.41, 5.74) is 4.14. The number of ether oxygens (including phenoxy) is 1. The van der Waals surface area contributed by atoms with Crippen LogP contribution in [0.1, 0.15) is 67.0 Å². The average molecular weight is 655 g/mol. The van der Waals surface area contributed by atoms with Gasteiger partial charge in [0.1, 0.15) is 17.1 Å². The minimum Gasteiger partial charge on any atom is -0.390 e. The molecular formula is C35H50N4O6S. The Hall–Kier alpha value is -2.96. The fourth-order valence-corrected chi connectivity index (χ4v) is 6.55. The maximum atomic E-state index is 12.7. The number of hydrogen-bond donors (Lipinski definition) is 4. The number of aryl methyl sites for hydroxylation is 2. The van der Waals surface area contributed by atoms with Gasteiger partial charge >= 0.3 is 0 Å². The van der Waals surface area contributed by atoms with Gasteiger partial charge in [0.15, 0.2) is 0 Å². The molecule has 0 radical (unpaired) electrons. The number of nitrogens with one attached hydrogen (secondary N) is 2. The van der Waals surface area contributed by atoms with Crippen molar-refractivity contribution in [3.05, 3.63) is 70.3 Å². The topological polar surface area (TPSA) is 131 Å². The van der Waals surface area contributed by atoms with Crippen LogP contribution in [0.3, 0.4) is 0 Å². The zero-order chi connectivity index (χ0) is 33.4. The van der Waals surface area contributed by atoms with Crippen LogP contribution in [0.4, 0.5) is 0 Å². The van der Waals surface area contributed by atoms with E-state index in [0.717, 1.165) is 47.2 Å². The van der Waals surface area contributed by atoms with Crippen LogP contribution in [0, 0.1) is 6.92 Å². The second-order valence-corrected chi connectivity index (χ2v) is 14.0. The van der Waals surface area contributed by atoms with Crippen LogP contribution in [-0.2, 0) is 32.0 Å². The van der Waals surface area contributed by atoms with Crippen molar-refractivity contribution in [1.29, 1.82) is 0 Å². The molecule has 2 aromatic rings. The number of piperazine rings is 1. The normalized spacial score (nSPS) is 22.5. The van der Waals surface area contributed by atoms with Gasteiger partial charge in [-0.2, -0.15) is 0 Å². The lowest BCUT2D eigenvalue weighted by molar-refractivity contribution is -0.139. The fourth-order valence-electron chi connectivity index (χ4n) is 5.89. The highest BCUT2D eigenvalue weighted by molar-refractivity contribution is 7.99. The number of aliphatic hydroxyl groups excluding tert-OH is 2. The number of hydrogen-bond acceptors (Lipinski definition) is 8. The van der Waals surface area contributed by atoms with E-state index in [1.165, 1.54) is 11.8 Å². The van der Waals surface area contributed by atoms with E-state index in [0.29, 0.717) is 39.0 Å². The lowest BCUT2D eigenvalue weighted by Crippen LogP contribution is -2.56. The summed E-state index contributed by atoms with van der Waals surface area (Å²) in [6.45, 7) is 8.30. The Labute approximate surface area is 277 Å². The summed E-state index contributed by atoms with van der Waals surface area (Å²) in [6.07, 6.45) is 2.74. The molecular weight excluding hydrogens is 604 g/mol. The SMILES string of the molecule is CS[C@H]1O[C@@H](c2ccc(C)c(Cc3ccc(CCCC(=O)NC(C)(C)C(=O)NCCN4CCN(C)C(=O)C4)cc3)c2)C(O)CC1O. The molecule has 4 N–H and O–H groups in total. The molecule has 46 heavy (non-hydrogen) atoms. The third kappa shape index (κ3) is 9.78. The molecule has 0 saturated carbocycles. The van der Waals surface area contributed by atoms with Crippen LogP contribution in [0.5, 0.6) is 0 Å². The van der Waals surface area contributed by atoms with Crippen LogP contribution in [0.15, 0.2) is 42.5 Å². The quantitative estimate of drug-likeness (QED) is 0.259. The number of carbonyl (C=O) groups excluding carboxylic acids is 3. The largest absolute Gasteiger partial charge is 0.390 e. The number of amides is 3. The highest BCUT2D eigenvalue weighted by Crippen LogP contribution is 2.36. The van der Waals surface area contributed by atoms with E-state index >= 15 is 0 Å². The zero-order valence-corrected chi connectivity index (χ0v) is 28.6. The second-order valence-electron chi connectivity index (χ2n) is 13.1. The number of aliphatic hydroxyl groups is 2. The van der Waals surface area contributed by atoms with Crippen molar-refractivity contribution in [2.75, 3.05) is 46.0 Å². The molecule has 11 heteroatoms. The maximum Gasteiger partial charge on any atom is 0.245 e. The van der Waals surface area contributed by atoms with E-state index in [9.17, 15) is 24.6 Å². The van der Waals surface area contributed by atoms with Crippen molar-refractivity contribution >= 4 is 29.5 Å². The first-order valence-electron chi connectivity index (χ1n) is 16.1. The third-order valence-corrected chi connectivity index (χ3v) is 9.81. The van der Waals surface area contributed by atoms with Gasteiger partial charge in [-0.1, -0.05) is 42.5 Å². The van der Waals surface area contributed by atoms with Crippen LogP contribution >= 0.6 is 11.8 Å². The molecule has 2 fully saturated rings. The Bertz CT molecular complexity index is 1350. The Morgan fingerprint density at radius 3 is 2.48 bits per heavy atom. The number of nitrogens with zero attached hydrogens (tertiary/aromatic N) is 2. The minimum atomic E-state index is -1.04.